The van der Waals surface area contributed by atoms with Crippen molar-refractivity contribution in [1.82, 2.24) is 0 Å². The van der Waals surface area contributed by atoms with E-state index in [1.165, 1.54) is 0 Å². The van der Waals surface area contributed by atoms with Crippen LogP contribution in [0, 0.1) is 0 Å². The molecule has 0 aromatic heterocycles. The molecule has 4 heteroatoms. The standard InChI is InChI=1S/C12H15BrO2S/c1-3-6-16-8-11(14)9-4-5-12(15-2)10(13)7-9/h4-5,7H,3,6,8H2,1-2H3. The zero-order valence-electron chi connectivity index (χ0n) is 9.46. The molecule has 0 spiro atoms. The molecule has 0 N–H and O–H groups in total. The monoisotopic (exact) mass is 302 g/mol. The summed E-state index contributed by atoms with van der Waals surface area (Å²) in [7, 11) is 1.61. The van der Waals surface area contributed by atoms with Crippen molar-refractivity contribution in [3.63, 3.8) is 0 Å². The smallest absolute Gasteiger partial charge is 0.172 e. The fourth-order valence-corrected chi connectivity index (χ4v) is 2.56. The second-order valence-corrected chi connectivity index (χ2v) is 5.28. The summed E-state index contributed by atoms with van der Waals surface area (Å²) < 4.78 is 5.94. The summed E-state index contributed by atoms with van der Waals surface area (Å²) in [5.74, 6) is 2.50. The molecule has 88 valence electrons. The lowest BCUT2D eigenvalue weighted by Crippen LogP contribution is -2.03. The number of carbonyl (C=O) groups excluding carboxylic acids is 1. The quantitative estimate of drug-likeness (QED) is 0.591. The molecule has 0 unspecified atom stereocenters. The van der Waals surface area contributed by atoms with Gasteiger partial charge in [-0.2, -0.15) is 11.8 Å². The van der Waals surface area contributed by atoms with Crippen LogP contribution in [0.3, 0.4) is 0 Å². The van der Waals surface area contributed by atoms with E-state index in [-0.39, 0.29) is 5.78 Å². The molecule has 0 atom stereocenters. The number of halogens is 1. The number of carbonyl (C=O) groups is 1. The van der Waals surface area contributed by atoms with Gasteiger partial charge in [-0.25, -0.2) is 0 Å². The fraction of sp³-hybridized carbons (Fsp3) is 0.417. The Kier molecular flexibility index (Phi) is 5.91. The molecule has 16 heavy (non-hydrogen) atoms. The van der Waals surface area contributed by atoms with Gasteiger partial charge in [0.05, 0.1) is 17.3 Å². The third-order valence-electron chi connectivity index (χ3n) is 2.06. The number of Topliss-reactive ketones (excluding diaryl/α,β-unsaturated/α-hetero) is 1. The largest absolute Gasteiger partial charge is 0.496 e. The van der Waals surface area contributed by atoms with Gasteiger partial charge in [-0.05, 0) is 46.3 Å². The van der Waals surface area contributed by atoms with Gasteiger partial charge in [0.25, 0.3) is 0 Å². The van der Waals surface area contributed by atoms with Gasteiger partial charge in [-0.15, -0.1) is 0 Å². The van der Waals surface area contributed by atoms with Crippen molar-refractivity contribution in [3.05, 3.63) is 28.2 Å². The predicted molar refractivity (Wildman–Crippen MR) is 72.6 cm³/mol. The van der Waals surface area contributed by atoms with E-state index >= 15 is 0 Å². The molecule has 0 bridgehead atoms. The molecule has 0 fully saturated rings. The van der Waals surface area contributed by atoms with Crippen LogP contribution in [0.4, 0.5) is 0 Å². The lowest BCUT2D eigenvalue weighted by atomic mass is 10.1. The summed E-state index contributed by atoms with van der Waals surface area (Å²) in [5.41, 5.74) is 0.733. The summed E-state index contributed by atoms with van der Waals surface area (Å²) in [6.07, 6.45) is 1.10. The highest BCUT2D eigenvalue weighted by Gasteiger charge is 2.08. The van der Waals surface area contributed by atoms with Crippen molar-refractivity contribution < 1.29 is 9.53 Å². The molecular formula is C12H15BrO2S. The summed E-state index contributed by atoms with van der Waals surface area (Å²) in [6, 6.07) is 5.42. The predicted octanol–water partition coefficient (Wildman–Crippen LogP) is 3.78. The Hall–Kier alpha value is -0.480. The Morgan fingerprint density at radius 1 is 1.50 bits per heavy atom. The minimum absolute atomic E-state index is 0.168. The van der Waals surface area contributed by atoms with Crippen LogP contribution in [0.2, 0.25) is 0 Å². The molecule has 0 heterocycles. The normalized spacial score (nSPS) is 10.2. The molecule has 1 rings (SSSR count). The van der Waals surface area contributed by atoms with E-state index in [1.54, 1.807) is 24.9 Å². The average molecular weight is 303 g/mol. The maximum absolute atomic E-state index is 11.8. The molecule has 0 amide bonds. The molecule has 0 aliphatic heterocycles. The number of methoxy groups -OCH3 is 1. The first-order valence-corrected chi connectivity index (χ1v) is 7.08. The van der Waals surface area contributed by atoms with E-state index in [1.807, 2.05) is 12.1 Å². The average Bonchev–Trinajstić information content (AvgIpc) is 2.29. The first kappa shape index (κ1) is 13.6. The zero-order chi connectivity index (χ0) is 12.0. The van der Waals surface area contributed by atoms with Crippen molar-refractivity contribution in [2.45, 2.75) is 13.3 Å². The third-order valence-corrected chi connectivity index (χ3v) is 3.84. The lowest BCUT2D eigenvalue weighted by Gasteiger charge is -2.05. The molecule has 0 radical (unpaired) electrons. The van der Waals surface area contributed by atoms with Crippen LogP contribution in [0.5, 0.6) is 5.75 Å². The number of hydrogen-bond donors (Lipinski definition) is 0. The highest BCUT2D eigenvalue weighted by Crippen LogP contribution is 2.26. The van der Waals surface area contributed by atoms with Gasteiger partial charge >= 0.3 is 0 Å². The Morgan fingerprint density at radius 2 is 2.25 bits per heavy atom. The van der Waals surface area contributed by atoms with E-state index in [0.29, 0.717) is 5.75 Å². The first-order chi connectivity index (χ1) is 7.69. The molecule has 0 saturated carbocycles. The SMILES string of the molecule is CCCSCC(=O)c1ccc(OC)c(Br)c1. The molecule has 1 aromatic rings. The van der Waals surface area contributed by atoms with Gasteiger partial charge in [0.15, 0.2) is 5.78 Å². The van der Waals surface area contributed by atoms with E-state index in [0.717, 1.165) is 28.0 Å². The number of ether oxygens (including phenoxy) is 1. The Balaban J connectivity index is 2.66. The van der Waals surface area contributed by atoms with Crippen LogP contribution in [-0.2, 0) is 0 Å². The molecule has 0 aliphatic rings. The van der Waals surface area contributed by atoms with Crippen molar-refractivity contribution in [3.8, 4) is 5.75 Å². The Morgan fingerprint density at radius 3 is 2.81 bits per heavy atom. The van der Waals surface area contributed by atoms with Gasteiger partial charge in [-0.3, -0.25) is 4.79 Å². The molecule has 2 nitrogen and oxygen atoms in total. The summed E-state index contributed by atoms with van der Waals surface area (Å²) in [4.78, 5) is 11.8. The number of thioether (sulfide) groups is 1. The van der Waals surface area contributed by atoms with E-state index in [9.17, 15) is 4.79 Å². The second kappa shape index (κ2) is 6.97. The Bertz CT molecular complexity index is 366. The van der Waals surface area contributed by atoms with Gasteiger partial charge < -0.3 is 4.74 Å². The van der Waals surface area contributed by atoms with Crippen molar-refractivity contribution in [2.75, 3.05) is 18.6 Å². The van der Waals surface area contributed by atoms with Crippen LogP contribution in [0.25, 0.3) is 0 Å². The zero-order valence-corrected chi connectivity index (χ0v) is 11.9. The maximum Gasteiger partial charge on any atom is 0.172 e. The van der Waals surface area contributed by atoms with Crippen LogP contribution in [0.15, 0.2) is 22.7 Å². The van der Waals surface area contributed by atoms with Crippen LogP contribution in [-0.4, -0.2) is 24.4 Å². The highest BCUT2D eigenvalue weighted by atomic mass is 79.9. The van der Waals surface area contributed by atoms with Gasteiger partial charge in [0.1, 0.15) is 5.75 Å². The van der Waals surface area contributed by atoms with E-state index in [4.69, 9.17) is 4.74 Å². The van der Waals surface area contributed by atoms with Crippen molar-refractivity contribution in [1.29, 1.82) is 0 Å². The summed E-state index contributed by atoms with van der Waals surface area (Å²) >= 11 is 5.05. The summed E-state index contributed by atoms with van der Waals surface area (Å²) in [5, 5.41) is 0. The minimum Gasteiger partial charge on any atom is -0.496 e. The van der Waals surface area contributed by atoms with Crippen molar-refractivity contribution >= 4 is 33.5 Å². The van der Waals surface area contributed by atoms with Gasteiger partial charge in [-0.1, -0.05) is 6.92 Å². The van der Waals surface area contributed by atoms with Gasteiger partial charge in [0.2, 0.25) is 0 Å². The van der Waals surface area contributed by atoms with Crippen LogP contribution in [0.1, 0.15) is 23.7 Å². The summed E-state index contributed by atoms with van der Waals surface area (Å²) in [6.45, 7) is 2.11. The van der Waals surface area contributed by atoms with Crippen molar-refractivity contribution in [2.24, 2.45) is 0 Å². The second-order valence-electron chi connectivity index (χ2n) is 3.33. The third kappa shape index (κ3) is 3.83. The number of hydrogen-bond acceptors (Lipinski definition) is 3. The van der Waals surface area contributed by atoms with Crippen LogP contribution >= 0.6 is 27.7 Å². The number of benzene rings is 1. The van der Waals surface area contributed by atoms with Crippen LogP contribution < -0.4 is 4.74 Å². The maximum atomic E-state index is 11.8. The number of rotatable bonds is 6. The van der Waals surface area contributed by atoms with E-state index in [2.05, 4.69) is 22.9 Å². The topological polar surface area (TPSA) is 26.3 Å². The highest BCUT2D eigenvalue weighted by molar-refractivity contribution is 9.10. The van der Waals surface area contributed by atoms with E-state index < -0.39 is 0 Å². The minimum atomic E-state index is 0.168. The Labute approximate surface area is 109 Å². The van der Waals surface area contributed by atoms with Gasteiger partial charge in [0, 0.05) is 5.56 Å². The lowest BCUT2D eigenvalue weighted by molar-refractivity contribution is 0.102. The molecule has 1 aromatic carbocycles. The first-order valence-electron chi connectivity index (χ1n) is 5.13. The fourth-order valence-electron chi connectivity index (χ4n) is 1.23. The number of ketones is 1. The molecule has 0 saturated heterocycles. The molecule has 0 aliphatic carbocycles. The molecular weight excluding hydrogens is 288 g/mol.